The van der Waals surface area contributed by atoms with Crippen LogP contribution in [0.3, 0.4) is 0 Å². The molecule has 1 aromatic carbocycles. The third-order valence-electron chi connectivity index (χ3n) is 3.49. The van der Waals surface area contributed by atoms with Crippen LogP contribution in [0, 0.1) is 11.3 Å². The number of aliphatic hydroxyl groups excluding tert-OH is 1. The molecule has 2 unspecified atom stereocenters. The Morgan fingerprint density at radius 3 is 2.37 bits per heavy atom. The van der Waals surface area contributed by atoms with Crippen LogP contribution >= 0.6 is 0 Å². The van der Waals surface area contributed by atoms with Gasteiger partial charge in [0.25, 0.3) is 0 Å². The van der Waals surface area contributed by atoms with Crippen molar-refractivity contribution >= 4 is 0 Å². The molecule has 0 aromatic heterocycles. The molecule has 0 saturated heterocycles. The molecule has 0 heterocycles. The van der Waals surface area contributed by atoms with E-state index in [0.717, 1.165) is 12.3 Å². The fraction of sp³-hybridized carbons (Fsp3) is 0.625. The molecule has 0 amide bonds. The predicted molar refractivity (Wildman–Crippen MR) is 79.4 cm³/mol. The second kappa shape index (κ2) is 7.51. The van der Waals surface area contributed by atoms with E-state index < -0.39 is 6.10 Å². The lowest BCUT2D eigenvalue weighted by Crippen LogP contribution is -2.36. The van der Waals surface area contributed by atoms with Crippen molar-refractivity contribution in [3.63, 3.8) is 0 Å². The van der Waals surface area contributed by atoms with Gasteiger partial charge in [-0.05, 0) is 30.0 Å². The summed E-state index contributed by atoms with van der Waals surface area (Å²) in [6.45, 7) is 10.7. The molecule has 0 radical (unpaired) electrons. The predicted octanol–water partition coefficient (Wildman–Crippen LogP) is 2.70. The fourth-order valence-corrected chi connectivity index (χ4v) is 1.54. The van der Waals surface area contributed by atoms with Gasteiger partial charge in [0.15, 0.2) is 0 Å². The summed E-state index contributed by atoms with van der Waals surface area (Å²) in [7, 11) is 0. The number of ether oxygens (including phenoxy) is 1. The summed E-state index contributed by atoms with van der Waals surface area (Å²) < 4.78 is 5.50. The molecule has 1 rings (SSSR count). The average molecular weight is 265 g/mol. The number of rotatable bonds is 7. The largest absolute Gasteiger partial charge is 0.491 e. The van der Waals surface area contributed by atoms with Gasteiger partial charge in [-0.2, -0.15) is 0 Å². The maximum atomic E-state index is 9.84. The van der Waals surface area contributed by atoms with E-state index >= 15 is 0 Å². The zero-order chi connectivity index (χ0) is 14.3. The van der Waals surface area contributed by atoms with Crippen molar-refractivity contribution in [1.29, 1.82) is 0 Å². The Hall–Kier alpha value is -1.06. The van der Waals surface area contributed by atoms with Gasteiger partial charge in [-0.3, -0.25) is 0 Å². The smallest absolute Gasteiger partial charge is 0.119 e. The molecule has 0 aliphatic carbocycles. The first-order chi connectivity index (χ1) is 8.89. The van der Waals surface area contributed by atoms with Crippen molar-refractivity contribution < 1.29 is 9.84 Å². The third-order valence-corrected chi connectivity index (χ3v) is 3.49. The highest BCUT2D eigenvalue weighted by Gasteiger charge is 2.19. The Bertz CT molecular complexity index is 346. The van der Waals surface area contributed by atoms with Crippen LogP contribution in [-0.2, 0) is 0 Å². The van der Waals surface area contributed by atoms with Crippen LogP contribution in [-0.4, -0.2) is 30.9 Å². The van der Waals surface area contributed by atoms with Crippen molar-refractivity contribution in [3.05, 3.63) is 30.3 Å². The topological polar surface area (TPSA) is 41.5 Å². The lowest BCUT2D eigenvalue weighted by atomic mass is 9.82. The summed E-state index contributed by atoms with van der Waals surface area (Å²) in [5, 5.41) is 13.1. The number of hydrogen-bond acceptors (Lipinski definition) is 3. The number of nitrogens with one attached hydrogen (secondary N) is 1. The molecule has 0 saturated carbocycles. The van der Waals surface area contributed by atoms with Crippen molar-refractivity contribution in [1.82, 2.24) is 5.32 Å². The lowest BCUT2D eigenvalue weighted by molar-refractivity contribution is 0.103. The van der Waals surface area contributed by atoms with Crippen molar-refractivity contribution in [2.45, 2.75) is 33.8 Å². The van der Waals surface area contributed by atoms with Gasteiger partial charge in [0.1, 0.15) is 18.5 Å². The second-order valence-corrected chi connectivity index (χ2v) is 6.20. The summed E-state index contributed by atoms with van der Waals surface area (Å²) >= 11 is 0. The Morgan fingerprint density at radius 1 is 1.16 bits per heavy atom. The summed E-state index contributed by atoms with van der Waals surface area (Å²) in [6, 6.07) is 9.57. The SMILES string of the molecule is CC(CNCC(O)COc1ccccc1)C(C)(C)C. The quantitative estimate of drug-likeness (QED) is 0.796. The fourth-order valence-electron chi connectivity index (χ4n) is 1.54. The minimum absolute atomic E-state index is 0.290. The molecule has 3 nitrogen and oxygen atoms in total. The van der Waals surface area contributed by atoms with E-state index in [1.54, 1.807) is 0 Å². The number of aliphatic hydroxyl groups is 1. The first-order valence-corrected chi connectivity index (χ1v) is 6.96. The Morgan fingerprint density at radius 2 is 1.79 bits per heavy atom. The zero-order valence-corrected chi connectivity index (χ0v) is 12.5. The number of para-hydroxylation sites is 1. The lowest BCUT2D eigenvalue weighted by Gasteiger charge is -2.27. The molecule has 0 aliphatic heterocycles. The van der Waals surface area contributed by atoms with Gasteiger partial charge in [-0.15, -0.1) is 0 Å². The van der Waals surface area contributed by atoms with Crippen LogP contribution < -0.4 is 10.1 Å². The number of hydrogen-bond donors (Lipinski definition) is 2. The molecular formula is C16H27NO2. The van der Waals surface area contributed by atoms with Crippen LogP contribution in [0.15, 0.2) is 30.3 Å². The molecule has 0 spiro atoms. The van der Waals surface area contributed by atoms with Crippen molar-refractivity contribution in [2.75, 3.05) is 19.7 Å². The monoisotopic (exact) mass is 265 g/mol. The minimum atomic E-state index is -0.479. The first-order valence-electron chi connectivity index (χ1n) is 6.96. The van der Waals surface area contributed by atoms with Gasteiger partial charge in [0.05, 0.1) is 0 Å². The van der Waals surface area contributed by atoms with Crippen LogP contribution in [0.4, 0.5) is 0 Å². The zero-order valence-electron chi connectivity index (χ0n) is 12.5. The summed E-state index contributed by atoms with van der Waals surface area (Å²) in [5.74, 6) is 1.36. The van der Waals surface area contributed by atoms with E-state index in [0.29, 0.717) is 24.5 Å². The Labute approximate surface area is 117 Å². The second-order valence-electron chi connectivity index (χ2n) is 6.20. The van der Waals surface area contributed by atoms with Crippen LogP contribution in [0.2, 0.25) is 0 Å². The summed E-state index contributed by atoms with van der Waals surface area (Å²) in [6.07, 6.45) is -0.479. The minimum Gasteiger partial charge on any atom is -0.491 e. The normalized spacial score (nSPS) is 15.0. The summed E-state index contributed by atoms with van der Waals surface area (Å²) in [4.78, 5) is 0. The maximum Gasteiger partial charge on any atom is 0.119 e. The molecule has 108 valence electrons. The van der Waals surface area contributed by atoms with Gasteiger partial charge >= 0.3 is 0 Å². The van der Waals surface area contributed by atoms with Crippen LogP contribution in [0.1, 0.15) is 27.7 Å². The Balaban J connectivity index is 2.17. The van der Waals surface area contributed by atoms with E-state index in [2.05, 4.69) is 33.0 Å². The van der Waals surface area contributed by atoms with Crippen LogP contribution in [0.5, 0.6) is 5.75 Å². The first kappa shape index (κ1) is 16.0. The molecule has 3 heteroatoms. The third kappa shape index (κ3) is 6.60. The molecular weight excluding hydrogens is 238 g/mol. The van der Waals surface area contributed by atoms with E-state index in [-0.39, 0.29) is 0 Å². The number of benzene rings is 1. The maximum absolute atomic E-state index is 9.84. The van der Waals surface area contributed by atoms with Gasteiger partial charge in [0, 0.05) is 6.54 Å². The van der Waals surface area contributed by atoms with Crippen LogP contribution in [0.25, 0.3) is 0 Å². The van der Waals surface area contributed by atoms with E-state index in [1.807, 2.05) is 30.3 Å². The molecule has 0 aliphatic rings. The Kier molecular flexibility index (Phi) is 6.32. The highest BCUT2D eigenvalue weighted by molar-refractivity contribution is 5.20. The summed E-state index contributed by atoms with van der Waals surface area (Å²) in [5.41, 5.74) is 0.290. The van der Waals surface area contributed by atoms with Crippen molar-refractivity contribution in [2.24, 2.45) is 11.3 Å². The highest BCUT2D eigenvalue weighted by Crippen LogP contribution is 2.24. The molecule has 2 atom stereocenters. The molecule has 2 N–H and O–H groups in total. The standard InChI is InChI=1S/C16H27NO2/c1-13(16(2,3)4)10-17-11-14(18)12-19-15-8-6-5-7-9-15/h5-9,13-14,17-18H,10-12H2,1-4H3. The van der Waals surface area contributed by atoms with Gasteiger partial charge < -0.3 is 15.2 Å². The van der Waals surface area contributed by atoms with Gasteiger partial charge in [0.2, 0.25) is 0 Å². The van der Waals surface area contributed by atoms with E-state index in [4.69, 9.17) is 4.74 Å². The molecule has 19 heavy (non-hydrogen) atoms. The highest BCUT2D eigenvalue weighted by atomic mass is 16.5. The van der Waals surface area contributed by atoms with Gasteiger partial charge in [-0.25, -0.2) is 0 Å². The molecule has 1 aromatic rings. The van der Waals surface area contributed by atoms with E-state index in [1.165, 1.54) is 0 Å². The molecule has 0 bridgehead atoms. The van der Waals surface area contributed by atoms with Crippen molar-refractivity contribution in [3.8, 4) is 5.75 Å². The molecule has 0 fully saturated rings. The average Bonchev–Trinajstić information content (AvgIpc) is 2.36. The van der Waals surface area contributed by atoms with E-state index in [9.17, 15) is 5.11 Å². The van der Waals surface area contributed by atoms with Gasteiger partial charge in [-0.1, -0.05) is 45.9 Å².